The third kappa shape index (κ3) is 6.01. The summed E-state index contributed by atoms with van der Waals surface area (Å²) in [6.45, 7) is 3.91. The lowest BCUT2D eigenvalue weighted by atomic mass is 10.2. The summed E-state index contributed by atoms with van der Waals surface area (Å²) < 4.78 is 1.48. The maximum atomic E-state index is 12.9. The van der Waals surface area contributed by atoms with Crippen molar-refractivity contribution in [3.8, 4) is 11.3 Å². The molecule has 0 saturated carbocycles. The van der Waals surface area contributed by atoms with E-state index >= 15 is 0 Å². The molecule has 0 aliphatic carbocycles. The highest BCUT2D eigenvalue weighted by Crippen LogP contribution is 2.32. The van der Waals surface area contributed by atoms with Crippen LogP contribution in [0, 0.1) is 0 Å². The van der Waals surface area contributed by atoms with Crippen LogP contribution in [-0.4, -0.2) is 37.0 Å². The normalized spacial score (nSPS) is 12.7. The minimum Gasteiger partial charge on any atom is -0.478 e. The molecule has 3 N–H and O–H groups in total. The second kappa shape index (κ2) is 11.1. The van der Waals surface area contributed by atoms with E-state index in [0.29, 0.717) is 33.7 Å². The zero-order valence-electron chi connectivity index (χ0n) is 19.3. The van der Waals surface area contributed by atoms with Crippen molar-refractivity contribution in [2.24, 2.45) is 0 Å². The van der Waals surface area contributed by atoms with Gasteiger partial charge < -0.3 is 15.7 Å². The number of nitrogens with zero attached hydrogens (tertiary/aromatic N) is 4. The van der Waals surface area contributed by atoms with Crippen LogP contribution < -0.4 is 10.6 Å². The van der Waals surface area contributed by atoms with Crippen molar-refractivity contribution >= 4 is 52.1 Å². The van der Waals surface area contributed by atoms with Crippen LogP contribution >= 0.6 is 34.5 Å². The third-order valence-electron chi connectivity index (χ3n) is 5.38. The van der Waals surface area contributed by atoms with Crippen LogP contribution in [0.15, 0.2) is 54.0 Å². The highest BCUT2D eigenvalue weighted by Gasteiger charge is 2.21. The van der Waals surface area contributed by atoms with E-state index in [1.54, 1.807) is 37.4 Å². The Morgan fingerprint density at radius 1 is 1.17 bits per heavy atom. The minimum absolute atomic E-state index is 0.187. The number of hydrogen-bond acceptors (Lipinski definition) is 7. The van der Waals surface area contributed by atoms with Crippen molar-refractivity contribution in [2.75, 3.05) is 5.32 Å². The van der Waals surface area contributed by atoms with Gasteiger partial charge >= 0.3 is 5.97 Å². The standard InChI is InChI=1S/C24H22Cl2N6O3S/c1-13(23-29-21(12-36-23)19-7-6-16(25)9-20(19)26)28-22(33)14(2)32-11-18(30-31-32)10-27-17-5-3-4-15(8-17)24(34)35/h3-9,11-14,27H,10H2,1-2H3,(H,28,33)(H,34,35). The van der Waals surface area contributed by atoms with Gasteiger partial charge in [0.2, 0.25) is 5.91 Å². The summed E-state index contributed by atoms with van der Waals surface area (Å²) in [6.07, 6.45) is 1.67. The van der Waals surface area contributed by atoms with Crippen molar-refractivity contribution in [2.45, 2.75) is 32.5 Å². The number of thiazole rings is 1. The monoisotopic (exact) mass is 544 g/mol. The molecule has 4 aromatic rings. The molecular formula is C24H22Cl2N6O3S. The van der Waals surface area contributed by atoms with Gasteiger partial charge in [0.15, 0.2) is 0 Å². The minimum atomic E-state index is -0.999. The number of aromatic nitrogens is 4. The molecule has 2 aromatic heterocycles. The summed E-state index contributed by atoms with van der Waals surface area (Å²) in [5.41, 5.74) is 2.92. The van der Waals surface area contributed by atoms with E-state index in [4.69, 9.17) is 28.3 Å². The van der Waals surface area contributed by atoms with Crippen LogP contribution in [0.3, 0.4) is 0 Å². The number of carboxylic acids is 1. The van der Waals surface area contributed by atoms with Crippen molar-refractivity contribution in [3.05, 3.63) is 80.4 Å². The van der Waals surface area contributed by atoms with E-state index in [1.165, 1.54) is 28.2 Å². The molecule has 0 saturated heterocycles. The van der Waals surface area contributed by atoms with Gasteiger partial charge in [0.25, 0.3) is 0 Å². The number of nitrogens with one attached hydrogen (secondary N) is 2. The second-order valence-electron chi connectivity index (χ2n) is 8.03. The van der Waals surface area contributed by atoms with Crippen LogP contribution in [0.25, 0.3) is 11.3 Å². The number of hydrogen-bond donors (Lipinski definition) is 3. The number of amides is 1. The zero-order chi connectivity index (χ0) is 25.8. The van der Waals surface area contributed by atoms with Crippen LogP contribution in [0.4, 0.5) is 5.69 Å². The van der Waals surface area contributed by atoms with Gasteiger partial charge in [-0.25, -0.2) is 14.5 Å². The first kappa shape index (κ1) is 25.6. The van der Waals surface area contributed by atoms with Crippen LogP contribution in [0.2, 0.25) is 10.0 Å². The highest BCUT2D eigenvalue weighted by atomic mass is 35.5. The summed E-state index contributed by atoms with van der Waals surface area (Å²) in [4.78, 5) is 28.6. The smallest absolute Gasteiger partial charge is 0.335 e. The predicted molar refractivity (Wildman–Crippen MR) is 140 cm³/mol. The molecule has 2 heterocycles. The Balaban J connectivity index is 1.35. The first-order chi connectivity index (χ1) is 17.2. The molecule has 4 rings (SSSR count). The average molecular weight is 545 g/mol. The van der Waals surface area contributed by atoms with Gasteiger partial charge in [0, 0.05) is 21.7 Å². The molecule has 9 nitrogen and oxygen atoms in total. The molecule has 0 aliphatic heterocycles. The number of halogens is 2. The lowest BCUT2D eigenvalue weighted by Crippen LogP contribution is -2.33. The largest absolute Gasteiger partial charge is 0.478 e. The number of benzene rings is 2. The van der Waals surface area contributed by atoms with Gasteiger partial charge in [-0.05, 0) is 50.2 Å². The molecular weight excluding hydrogens is 523 g/mol. The fourth-order valence-corrected chi connectivity index (χ4v) is 4.69. The van der Waals surface area contributed by atoms with Gasteiger partial charge in [-0.1, -0.05) is 34.5 Å². The van der Waals surface area contributed by atoms with E-state index < -0.39 is 12.0 Å². The predicted octanol–water partition coefficient (Wildman–Crippen LogP) is 5.46. The first-order valence-corrected chi connectivity index (χ1v) is 12.5. The maximum Gasteiger partial charge on any atom is 0.335 e. The van der Waals surface area contributed by atoms with E-state index in [-0.39, 0.29) is 17.5 Å². The number of carbonyl (C=O) groups excluding carboxylic acids is 1. The van der Waals surface area contributed by atoms with Crippen LogP contribution in [-0.2, 0) is 11.3 Å². The van der Waals surface area contributed by atoms with Crippen molar-refractivity contribution in [1.82, 2.24) is 25.3 Å². The summed E-state index contributed by atoms with van der Waals surface area (Å²) in [7, 11) is 0. The van der Waals surface area contributed by atoms with E-state index in [0.717, 1.165) is 10.6 Å². The van der Waals surface area contributed by atoms with E-state index in [9.17, 15) is 9.59 Å². The Bertz CT molecular complexity index is 1410. The number of anilines is 1. The number of rotatable bonds is 9. The fourth-order valence-electron chi connectivity index (χ4n) is 3.36. The Kier molecular flexibility index (Phi) is 7.88. The van der Waals surface area contributed by atoms with E-state index in [1.807, 2.05) is 18.4 Å². The number of carbonyl (C=O) groups is 2. The Labute approximate surface area is 221 Å². The quantitative estimate of drug-likeness (QED) is 0.255. The average Bonchev–Trinajstić information content (AvgIpc) is 3.53. The first-order valence-electron chi connectivity index (χ1n) is 10.9. The lowest BCUT2D eigenvalue weighted by Gasteiger charge is -2.16. The molecule has 0 spiro atoms. The molecule has 0 bridgehead atoms. The SMILES string of the molecule is CC(NC(=O)C(C)n1cc(CNc2cccc(C(=O)O)c2)nn1)c1nc(-c2ccc(Cl)cc2Cl)cs1. The van der Waals surface area contributed by atoms with Gasteiger partial charge in [-0.15, -0.1) is 16.4 Å². The molecule has 2 aromatic carbocycles. The topological polar surface area (TPSA) is 122 Å². The molecule has 0 radical (unpaired) electrons. The fraction of sp³-hybridized carbons (Fsp3) is 0.208. The highest BCUT2D eigenvalue weighted by molar-refractivity contribution is 7.10. The second-order valence-corrected chi connectivity index (χ2v) is 9.76. The van der Waals surface area contributed by atoms with E-state index in [2.05, 4.69) is 25.9 Å². The lowest BCUT2D eigenvalue weighted by molar-refractivity contribution is -0.124. The van der Waals surface area contributed by atoms with Crippen LogP contribution in [0.5, 0.6) is 0 Å². The summed E-state index contributed by atoms with van der Waals surface area (Å²) >= 11 is 13.7. The Hall–Kier alpha value is -3.47. The summed E-state index contributed by atoms with van der Waals surface area (Å²) in [6, 6.07) is 10.8. The Morgan fingerprint density at radius 3 is 2.72 bits per heavy atom. The number of carboxylic acid groups (broad SMARTS) is 1. The van der Waals surface area contributed by atoms with Crippen molar-refractivity contribution < 1.29 is 14.7 Å². The van der Waals surface area contributed by atoms with Gasteiger partial charge in [0.1, 0.15) is 16.7 Å². The molecule has 2 unspecified atom stereocenters. The van der Waals surface area contributed by atoms with Crippen molar-refractivity contribution in [3.63, 3.8) is 0 Å². The molecule has 0 aliphatic rings. The van der Waals surface area contributed by atoms with Gasteiger partial charge in [-0.3, -0.25) is 4.79 Å². The zero-order valence-corrected chi connectivity index (χ0v) is 21.6. The molecule has 186 valence electrons. The molecule has 2 atom stereocenters. The maximum absolute atomic E-state index is 12.9. The third-order valence-corrected chi connectivity index (χ3v) is 6.95. The summed E-state index contributed by atoms with van der Waals surface area (Å²) in [5, 5.41) is 27.0. The molecule has 36 heavy (non-hydrogen) atoms. The van der Waals surface area contributed by atoms with Gasteiger partial charge in [0.05, 0.1) is 35.1 Å². The molecule has 1 amide bonds. The molecule has 12 heteroatoms. The van der Waals surface area contributed by atoms with Gasteiger partial charge in [-0.2, -0.15) is 0 Å². The molecule has 0 fully saturated rings. The Morgan fingerprint density at radius 2 is 1.97 bits per heavy atom. The number of aromatic carboxylic acids is 1. The van der Waals surface area contributed by atoms with Crippen molar-refractivity contribution in [1.29, 1.82) is 0 Å². The van der Waals surface area contributed by atoms with Crippen LogP contribution in [0.1, 0.15) is 47.0 Å². The summed E-state index contributed by atoms with van der Waals surface area (Å²) in [5.74, 6) is -1.23.